The Morgan fingerprint density at radius 2 is 2.04 bits per heavy atom. The molecular weight excluding hydrogens is 332 g/mol. The molecule has 0 bridgehead atoms. The van der Waals surface area contributed by atoms with Gasteiger partial charge in [0.05, 0.1) is 18.8 Å². The number of benzene rings is 1. The molecule has 2 aromatic heterocycles. The number of hydrogen-bond acceptors (Lipinski definition) is 8. The van der Waals surface area contributed by atoms with Crippen LogP contribution in [-0.2, 0) is 11.3 Å². The Balaban J connectivity index is 1.45. The second-order valence-corrected chi connectivity index (χ2v) is 6.33. The van der Waals surface area contributed by atoms with Crippen LogP contribution >= 0.6 is 0 Å². The van der Waals surface area contributed by atoms with E-state index in [0.717, 1.165) is 24.3 Å². The van der Waals surface area contributed by atoms with Gasteiger partial charge in [-0.1, -0.05) is 35.0 Å². The zero-order chi connectivity index (χ0) is 17.9. The van der Waals surface area contributed by atoms with Crippen molar-refractivity contribution < 1.29 is 9.26 Å². The summed E-state index contributed by atoms with van der Waals surface area (Å²) in [5.41, 5.74) is 8.83. The van der Waals surface area contributed by atoms with Crippen molar-refractivity contribution in [3.63, 3.8) is 0 Å². The van der Waals surface area contributed by atoms with E-state index in [1.54, 1.807) is 0 Å². The van der Waals surface area contributed by atoms with Crippen molar-refractivity contribution in [1.29, 1.82) is 0 Å². The Morgan fingerprint density at radius 3 is 2.81 bits per heavy atom. The smallest absolute Gasteiger partial charge is 0.246 e. The van der Waals surface area contributed by atoms with Gasteiger partial charge in [0.25, 0.3) is 0 Å². The third-order valence-corrected chi connectivity index (χ3v) is 4.31. The third-order valence-electron chi connectivity index (χ3n) is 4.31. The monoisotopic (exact) mass is 352 g/mol. The first-order valence-electron chi connectivity index (χ1n) is 8.53. The van der Waals surface area contributed by atoms with E-state index in [-0.39, 0.29) is 11.9 Å². The zero-order valence-corrected chi connectivity index (χ0v) is 14.5. The van der Waals surface area contributed by atoms with Gasteiger partial charge in [-0.05, 0) is 13.3 Å². The molecule has 3 aromatic rings. The van der Waals surface area contributed by atoms with Crippen LogP contribution in [0.3, 0.4) is 0 Å². The molecule has 4 rings (SSSR count). The van der Waals surface area contributed by atoms with Crippen LogP contribution in [0.2, 0.25) is 0 Å². The summed E-state index contributed by atoms with van der Waals surface area (Å²) in [5, 5.41) is 7.20. The van der Waals surface area contributed by atoms with E-state index in [4.69, 9.17) is 15.0 Å². The zero-order valence-electron chi connectivity index (χ0n) is 14.5. The number of aromatic nitrogens is 4. The van der Waals surface area contributed by atoms with Crippen molar-refractivity contribution in [2.75, 3.05) is 24.3 Å². The minimum atomic E-state index is 0.239. The number of hydrogen-bond donors (Lipinski definition) is 2. The van der Waals surface area contributed by atoms with Crippen molar-refractivity contribution in [2.45, 2.75) is 25.8 Å². The van der Waals surface area contributed by atoms with Crippen molar-refractivity contribution in [1.82, 2.24) is 20.1 Å². The second-order valence-electron chi connectivity index (χ2n) is 6.33. The molecule has 0 saturated carbocycles. The van der Waals surface area contributed by atoms with Crippen LogP contribution in [0.15, 0.2) is 34.9 Å². The molecule has 1 saturated heterocycles. The summed E-state index contributed by atoms with van der Waals surface area (Å²) < 4.78 is 10.7. The fourth-order valence-electron chi connectivity index (χ4n) is 2.87. The highest BCUT2D eigenvalue weighted by atomic mass is 16.5. The van der Waals surface area contributed by atoms with Crippen LogP contribution in [-0.4, -0.2) is 33.3 Å². The molecule has 0 spiro atoms. The lowest BCUT2D eigenvalue weighted by molar-refractivity contribution is 0.193. The molecule has 134 valence electrons. The summed E-state index contributed by atoms with van der Waals surface area (Å²) in [4.78, 5) is 12.9. The van der Waals surface area contributed by atoms with Crippen molar-refractivity contribution in [2.24, 2.45) is 0 Å². The molecule has 8 heteroatoms. The second kappa shape index (κ2) is 7.09. The van der Waals surface area contributed by atoms with Gasteiger partial charge in [-0.25, -0.2) is 4.98 Å². The SMILES string of the molecule is Cc1ccc(-c2noc(CNc3cc(C4CCOC4)nc(N)n3)n2)cc1. The molecule has 8 nitrogen and oxygen atoms in total. The fraction of sp³-hybridized carbons (Fsp3) is 0.333. The summed E-state index contributed by atoms with van der Waals surface area (Å²) in [6.07, 6.45) is 0.944. The lowest BCUT2D eigenvalue weighted by atomic mass is 10.0. The minimum absolute atomic E-state index is 0.239. The quantitative estimate of drug-likeness (QED) is 0.720. The first-order valence-corrected chi connectivity index (χ1v) is 8.53. The van der Waals surface area contributed by atoms with E-state index in [1.165, 1.54) is 5.56 Å². The summed E-state index contributed by atoms with van der Waals surface area (Å²) in [5.74, 6) is 2.17. The number of aryl methyl sites for hydroxylation is 1. The molecular formula is C18H20N6O2. The standard InChI is InChI=1S/C18H20N6O2/c1-11-2-4-12(5-3-11)17-23-16(26-24-17)9-20-15-8-14(21-18(19)22-15)13-6-7-25-10-13/h2-5,8,13H,6-7,9-10H2,1H3,(H3,19,20,21,22). The molecule has 3 N–H and O–H groups in total. The molecule has 26 heavy (non-hydrogen) atoms. The van der Waals surface area contributed by atoms with Crippen molar-refractivity contribution in [3.8, 4) is 11.4 Å². The molecule has 1 aromatic carbocycles. The van der Waals surface area contributed by atoms with Gasteiger partial charge < -0.3 is 20.3 Å². The Bertz CT molecular complexity index is 887. The molecule has 0 amide bonds. The van der Waals surface area contributed by atoms with E-state index in [0.29, 0.717) is 30.7 Å². The van der Waals surface area contributed by atoms with E-state index in [1.807, 2.05) is 37.3 Å². The number of nitrogens with one attached hydrogen (secondary N) is 1. The molecule has 3 heterocycles. The molecule has 1 aliphatic rings. The van der Waals surface area contributed by atoms with Crippen LogP contribution in [0, 0.1) is 6.92 Å². The molecule has 1 unspecified atom stereocenters. The van der Waals surface area contributed by atoms with E-state index >= 15 is 0 Å². The highest BCUT2D eigenvalue weighted by molar-refractivity contribution is 5.54. The summed E-state index contributed by atoms with van der Waals surface area (Å²) in [7, 11) is 0. The van der Waals surface area contributed by atoms with Crippen LogP contribution in [0.1, 0.15) is 29.5 Å². The van der Waals surface area contributed by atoms with Crippen LogP contribution in [0.25, 0.3) is 11.4 Å². The highest BCUT2D eigenvalue weighted by Gasteiger charge is 2.20. The fourth-order valence-corrected chi connectivity index (χ4v) is 2.87. The van der Waals surface area contributed by atoms with Crippen molar-refractivity contribution in [3.05, 3.63) is 47.5 Å². The van der Waals surface area contributed by atoms with E-state index in [9.17, 15) is 0 Å². The lowest BCUT2D eigenvalue weighted by Gasteiger charge is -2.10. The van der Waals surface area contributed by atoms with E-state index in [2.05, 4.69) is 25.4 Å². The molecule has 1 fully saturated rings. The first-order chi connectivity index (χ1) is 12.7. The molecule has 0 radical (unpaired) electrons. The Hall–Kier alpha value is -3.00. The average Bonchev–Trinajstić information content (AvgIpc) is 3.32. The van der Waals surface area contributed by atoms with Crippen LogP contribution in [0.5, 0.6) is 0 Å². The number of nitrogens with zero attached hydrogens (tertiary/aromatic N) is 4. The maximum atomic E-state index is 5.83. The molecule has 1 atom stereocenters. The third kappa shape index (κ3) is 3.65. The summed E-state index contributed by atoms with van der Waals surface area (Å²) in [6.45, 7) is 3.81. The summed E-state index contributed by atoms with van der Waals surface area (Å²) >= 11 is 0. The first kappa shape index (κ1) is 16.5. The summed E-state index contributed by atoms with van der Waals surface area (Å²) in [6, 6.07) is 9.87. The Kier molecular flexibility index (Phi) is 4.49. The number of ether oxygens (including phenoxy) is 1. The number of nitrogens with two attached hydrogens (primary N) is 1. The van der Waals surface area contributed by atoms with Gasteiger partial charge in [-0.3, -0.25) is 0 Å². The van der Waals surface area contributed by atoms with E-state index < -0.39 is 0 Å². The highest BCUT2D eigenvalue weighted by Crippen LogP contribution is 2.25. The lowest BCUT2D eigenvalue weighted by Crippen LogP contribution is -2.09. The van der Waals surface area contributed by atoms with Gasteiger partial charge in [-0.2, -0.15) is 9.97 Å². The molecule has 0 aliphatic carbocycles. The maximum absolute atomic E-state index is 5.83. The number of anilines is 2. The Morgan fingerprint density at radius 1 is 1.19 bits per heavy atom. The van der Waals surface area contributed by atoms with Crippen molar-refractivity contribution >= 4 is 11.8 Å². The number of nitrogen functional groups attached to an aromatic ring is 1. The number of rotatable bonds is 5. The predicted molar refractivity (Wildman–Crippen MR) is 96.4 cm³/mol. The Labute approximate surface area is 150 Å². The van der Waals surface area contributed by atoms with Gasteiger partial charge in [0, 0.05) is 24.2 Å². The predicted octanol–water partition coefficient (Wildman–Crippen LogP) is 2.53. The van der Waals surface area contributed by atoms with Gasteiger partial charge in [-0.15, -0.1) is 0 Å². The normalized spacial score (nSPS) is 16.7. The van der Waals surface area contributed by atoms with Gasteiger partial charge >= 0.3 is 0 Å². The average molecular weight is 352 g/mol. The topological polar surface area (TPSA) is 112 Å². The maximum Gasteiger partial charge on any atom is 0.246 e. The molecule has 1 aliphatic heterocycles. The van der Waals surface area contributed by atoms with Crippen LogP contribution in [0.4, 0.5) is 11.8 Å². The van der Waals surface area contributed by atoms with Crippen LogP contribution < -0.4 is 11.1 Å². The van der Waals surface area contributed by atoms with Gasteiger partial charge in [0.2, 0.25) is 17.7 Å². The largest absolute Gasteiger partial charge is 0.381 e. The minimum Gasteiger partial charge on any atom is -0.381 e. The van der Waals surface area contributed by atoms with Gasteiger partial charge in [0.1, 0.15) is 5.82 Å². The van der Waals surface area contributed by atoms with Gasteiger partial charge in [0.15, 0.2) is 0 Å².